The third-order valence-electron chi connectivity index (χ3n) is 6.06. The van der Waals surface area contributed by atoms with Crippen LogP contribution in [0.4, 0.5) is 0 Å². The number of hydrogen-bond donors (Lipinski definition) is 3. The van der Waals surface area contributed by atoms with E-state index >= 15 is 0 Å². The molecule has 0 saturated carbocycles. The van der Waals surface area contributed by atoms with Crippen LogP contribution in [0.5, 0.6) is 5.75 Å². The van der Waals surface area contributed by atoms with Crippen molar-refractivity contribution in [2.75, 3.05) is 6.54 Å². The Morgan fingerprint density at radius 2 is 1.88 bits per heavy atom. The van der Waals surface area contributed by atoms with E-state index in [1.807, 2.05) is 47.4 Å². The standard InChI is InChI=1S/C27H33NO5/c29-23(19-20-8-7-9-21(18-20)24-10-4-5-11-25(24)30)15-13-22-14-16-26(31)28(22)17-6-2-1-3-12-27(32)33/h4-5,7-11,13,15,18,22-23,29-30H,1-3,6,12,14,16-17,19H2,(H,32,33)/t22-,23+/m0/s1. The molecule has 1 fully saturated rings. The second-order valence-electron chi connectivity index (χ2n) is 8.63. The second kappa shape index (κ2) is 12.2. The number of aliphatic hydroxyl groups is 1. The number of unbranched alkanes of at least 4 members (excludes halogenated alkanes) is 3. The fraction of sp³-hybridized carbons (Fsp3) is 0.407. The van der Waals surface area contributed by atoms with Gasteiger partial charge in [0.05, 0.1) is 12.1 Å². The molecular formula is C27H33NO5. The fourth-order valence-corrected chi connectivity index (χ4v) is 4.31. The van der Waals surface area contributed by atoms with Crippen LogP contribution < -0.4 is 0 Å². The Morgan fingerprint density at radius 3 is 2.67 bits per heavy atom. The Balaban J connectivity index is 1.51. The van der Waals surface area contributed by atoms with Crippen molar-refractivity contribution in [3.05, 3.63) is 66.2 Å². The minimum absolute atomic E-state index is 0.00114. The topological polar surface area (TPSA) is 98.1 Å². The highest BCUT2D eigenvalue weighted by Crippen LogP contribution is 2.29. The van der Waals surface area contributed by atoms with Crippen LogP contribution in [0.2, 0.25) is 0 Å². The van der Waals surface area contributed by atoms with Crippen molar-refractivity contribution in [2.24, 2.45) is 0 Å². The van der Waals surface area contributed by atoms with Gasteiger partial charge in [0, 0.05) is 31.4 Å². The largest absolute Gasteiger partial charge is 0.507 e. The van der Waals surface area contributed by atoms with Gasteiger partial charge in [-0.1, -0.05) is 67.5 Å². The number of aliphatic carboxylic acids is 1. The number of para-hydroxylation sites is 1. The third kappa shape index (κ3) is 7.46. The van der Waals surface area contributed by atoms with E-state index in [1.165, 1.54) is 0 Å². The number of aromatic hydroxyl groups is 1. The molecule has 6 nitrogen and oxygen atoms in total. The van der Waals surface area contributed by atoms with Crippen molar-refractivity contribution in [3.8, 4) is 16.9 Å². The summed E-state index contributed by atoms with van der Waals surface area (Å²) in [6.07, 6.45) is 8.25. The van der Waals surface area contributed by atoms with Gasteiger partial charge >= 0.3 is 5.97 Å². The fourth-order valence-electron chi connectivity index (χ4n) is 4.31. The number of carboxylic acids is 1. The van der Waals surface area contributed by atoms with E-state index in [2.05, 4.69) is 0 Å². The first-order valence-corrected chi connectivity index (χ1v) is 11.7. The van der Waals surface area contributed by atoms with Gasteiger partial charge < -0.3 is 20.2 Å². The van der Waals surface area contributed by atoms with Crippen molar-refractivity contribution in [1.82, 2.24) is 4.90 Å². The predicted molar refractivity (Wildman–Crippen MR) is 128 cm³/mol. The molecule has 176 valence electrons. The van der Waals surface area contributed by atoms with Crippen molar-refractivity contribution >= 4 is 11.9 Å². The Kier molecular flexibility index (Phi) is 9.07. The van der Waals surface area contributed by atoms with Crippen LogP contribution in [0.25, 0.3) is 11.1 Å². The van der Waals surface area contributed by atoms with Crippen LogP contribution in [0.15, 0.2) is 60.7 Å². The van der Waals surface area contributed by atoms with E-state index in [-0.39, 0.29) is 24.1 Å². The lowest BCUT2D eigenvalue weighted by Crippen LogP contribution is -2.32. The molecule has 1 aliphatic rings. The van der Waals surface area contributed by atoms with Gasteiger partial charge in [-0.25, -0.2) is 0 Å². The molecule has 1 saturated heterocycles. The number of nitrogens with zero attached hydrogens (tertiary/aromatic N) is 1. The third-order valence-corrected chi connectivity index (χ3v) is 6.06. The van der Waals surface area contributed by atoms with Gasteiger partial charge in [0.1, 0.15) is 5.75 Å². The Labute approximate surface area is 195 Å². The first kappa shape index (κ1) is 24.5. The van der Waals surface area contributed by atoms with Crippen molar-refractivity contribution in [2.45, 2.75) is 63.5 Å². The van der Waals surface area contributed by atoms with E-state index < -0.39 is 12.1 Å². The first-order valence-electron chi connectivity index (χ1n) is 11.7. The number of phenols is 1. The molecular weight excluding hydrogens is 418 g/mol. The number of carboxylic acid groups (broad SMARTS) is 1. The number of carbonyl (C=O) groups excluding carboxylic acids is 1. The summed E-state index contributed by atoms with van der Waals surface area (Å²) in [5, 5.41) is 29.4. The van der Waals surface area contributed by atoms with Crippen LogP contribution in [-0.4, -0.2) is 50.8 Å². The van der Waals surface area contributed by atoms with Crippen LogP contribution in [-0.2, 0) is 16.0 Å². The van der Waals surface area contributed by atoms with Gasteiger partial charge in [-0.3, -0.25) is 9.59 Å². The average Bonchev–Trinajstić information content (AvgIpc) is 3.14. The van der Waals surface area contributed by atoms with Crippen LogP contribution in [0.1, 0.15) is 50.5 Å². The summed E-state index contributed by atoms with van der Waals surface area (Å²) in [7, 11) is 0. The molecule has 1 heterocycles. The zero-order valence-corrected chi connectivity index (χ0v) is 18.9. The summed E-state index contributed by atoms with van der Waals surface area (Å²) < 4.78 is 0. The zero-order chi connectivity index (χ0) is 23.6. The number of rotatable bonds is 12. The molecule has 0 spiro atoms. The molecule has 1 aliphatic heterocycles. The minimum atomic E-state index is -0.765. The Hall–Kier alpha value is -3.12. The summed E-state index contributed by atoms with van der Waals surface area (Å²) in [6, 6.07) is 15.0. The van der Waals surface area contributed by atoms with Crippen molar-refractivity contribution in [3.63, 3.8) is 0 Å². The van der Waals surface area contributed by atoms with Gasteiger partial charge in [0.2, 0.25) is 5.91 Å². The molecule has 2 atom stereocenters. The maximum atomic E-state index is 12.3. The lowest BCUT2D eigenvalue weighted by Gasteiger charge is -2.22. The average molecular weight is 452 g/mol. The number of aliphatic hydroxyl groups excluding tert-OH is 1. The number of hydrogen-bond acceptors (Lipinski definition) is 4. The summed E-state index contributed by atoms with van der Waals surface area (Å²) >= 11 is 0. The summed E-state index contributed by atoms with van der Waals surface area (Å²) in [6.45, 7) is 0.666. The SMILES string of the molecule is O=C(O)CCCCCCN1C(=O)CC[C@@H]1C=C[C@@H](O)Cc1cccc(-c2ccccc2O)c1. The molecule has 1 amide bonds. The molecule has 3 rings (SSSR count). The molecule has 2 aromatic rings. The van der Waals surface area contributed by atoms with Crippen molar-refractivity contribution < 1.29 is 24.9 Å². The van der Waals surface area contributed by atoms with Crippen LogP contribution >= 0.6 is 0 Å². The van der Waals surface area contributed by atoms with Crippen molar-refractivity contribution in [1.29, 1.82) is 0 Å². The normalized spacial score (nSPS) is 17.1. The highest BCUT2D eigenvalue weighted by atomic mass is 16.4. The summed E-state index contributed by atoms with van der Waals surface area (Å²) in [5.74, 6) is -0.401. The van der Waals surface area contributed by atoms with Gasteiger partial charge in [0.25, 0.3) is 0 Å². The maximum Gasteiger partial charge on any atom is 0.303 e. The summed E-state index contributed by atoms with van der Waals surface area (Å²) in [4.78, 5) is 24.7. The van der Waals surface area contributed by atoms with Gasteiger partial charge in [-0.2, -0.15) is 0 Å². The molecule has 3 N–H and O–H groups in total. The smallest absolute Gasteiger partial charge is 0.303 e. The number of carbonyl (C=O) groups is 2. The second-order valence-corrected chi connectivity index (χ2v) is 8.63. The molecule has 0 radical (unpaired) electrons. The number of amides is 1. The van der Waals surface area contributed by atoms with E-state index in [9.17, 15) is 19.8 Å². The van der Waals surface area contributed by atoms with Crippen LogP contribution in [0, 0.1) is 0 Å². The minimum Gasteiger partial charge on any atom is -0.507 e. The maximum absolute atomic E-state index is 12.3. The number of benzene rings is 2. The zero-order valence-electron chi connectivity index (χ0n) is 18.9. The van der Waals surface area contributed by atoms with E-state index in [4.69, 9.17) is 5.11 Å². The molecule has 2 aromatic carbocycles. The Morgan fingerprint density at radius 1 is 1.09 bits per heavy atom. The highest BCUT2D eigenvalue weighted by Gasteiger charge is 2.28. The first-order chi connectivity index (χ1) is 15.9. The van der Waals surface area contributed by atoms with E-state index in [0.29, 0.717) is 25.8 Å². The van der Waals surface area contributed by atoms with Crippen LogP contribution in [0.3, 0.4) is 0 Å². The number of phenolic OH excluding ortho intramolecular Hbond substituents is 1. The van der Waals surface area contributed by atoms with Gasteiger partial charge in [-0.15, -0.1) is 0 Å². The molecule has 33 heavy (non-hydrogen) atoms. The molecule has 0 unspecified atom stereocenters. The van der Waals surface area contributed by atoms with E-state index in [1.54, 1.807) is 18.2 Å². The highest BCUT2D eigenvalue weighted by molar-refractivity contribution is 5.79. The number of likely N-dealkylation sites (tertiary alicyclic amines) is 1. The Bertz CT molecular complexity index is 970. The van der Waals surface area contributed by atoms with Gasteiger partial charge in [0.15, 0.2) is 0 Å². The quantitative estimate of drug-likeness (QED) is 0.325. The molecule has 0 bridgehead atoms. The van der Waals surface area contributed by atoms with Gasteiger partial charge in [-0.05, 0) is 36.5 Å². The monoisotopic (exact) mass is 451 g/mol. The molecule has 6 heteroatoms. The lowest BCUT2D eigenvalue weighted by atomic mass is 9.99. The predicted octanol–water partition coefficient (Wildman–Crippen LogP) is 4.54. The lowest BCUT2D eigenvalue weighted by molar-refractivity contribution is -0.137. The molecule has 0 aliphatic carbocycles. The molecule has 0 aromatic heterocycles. The van der Waals surface area contributed by atoms with E-state index in [0.717, 1.165) is 42.4 Å². The summed E-state index contributed by atoms with van der Waals surface area (Å²) in [5.41, 5.74) is 2.62.